The lowest BCUT2D eigenvalue weighted by Gasteiger charge is -2.12. The normalized spacial score (nSPS) is 12.3. The van der Waals surface area contributed by atoms with Gasteiger partial charge in [0.05, 0.1) is 0 Å². The first-order valence-corrected chi connectivity index (χ1v) is 8.95. The molecule has 0 saturated carbocycles. The summed E-state index contributed by atoms with van der Waals surface area (Å²) < 4.78 is 2.33. The van der Waals surface area contributed by atoms with Crippen molar-refractivity contribution >= 4 is 16.8 Å². The summed E-state index contributed by atoms with van der Waals surface area (Å²) in [6.07, 6.45) is 0.930. The molecule has 1 heterocycles. The van der Waals surface area contributed by atoms with Crippen molar-refractivity contribution in [3.05, 3.63) is 70.9 Å². The van der Waals surface area contributed by atoms with Crippen LogP contribution in [0, 0.1) is 13.8 Å². The number of nitrogens with zero attached hydrogens (tertiary/aromatic N) is 1. The van der Waals surface area contributed by atoms with Crippen LogP contribution in [0.2, 0.25) is 0 Å². The average molecular weight is 334 g/mol. The molecule has 0 spiro atoms. The molecule has 130 valence electrons. The maximum Gasteiger partial charge on any atom is 0.251 e. The van der Waals surface area contributed by atoms with Crippen molar-refractivity contribution in [3.63, 3.8) is 0 Å². The summed E-state index contributed by atoms with van der Waals surface area (Å²) in [6.45, 7) is 9.23. The maximum absolute atomic E-state index is 12.4. The molecular formula is C22H26N2O. The summed E-state index contributed by atoms with van der Waals surface area (Å²) in [4.78, 5) is 12.4. The van der Waals surface area contributed by atoms with Gasteiger partial charge in [-0.05, 0) is 56.5 Å². The van der Waals surface area contributed by atoms with Crippen molar-refractivity contribution in [2.75, 3.05) is 0 Å². The van der Waals surface area contributed by atoms with Gasteiger partial charge in [-0.15, -0.1) is 0 Å². The number of amides is 1. The molecule has 3 heteroatoms. The highest BCUT2D eigenvalue weighted by Gasteiger charge is 2.15. The quantitative estimate of drug-likeness (QED) is 0.712. The molecule has 1 N–H and O–H groups in total. The third kappa shape index (κ3) is 3.46. The average Bonchev–Trinajstić information content (AvgIpc) is 2.87. The Morgan fingerprint density at radius 2 is 1.84 bits per heavy atom. The predicted octanol–water partition coefficient (Wildman–Crippen LogP) is 4.83. The van der Waals surface area contributed by atoms with Crippen molar-refractivity contribution in [2.45, 2.75) is 46.7 Å². The highest BCUT2D eigenvalue weighted by Crippen LogP contribution is 2.27. The van der Waals surface area contributed by atoms with Crippen LogP contribution >= 0.6 is 0 Å². The number of benzene rings is 2. The number of hydrogen-bond acceptors (Lipinski definition) is 1. The Bertz CT molecular complexity index is 893. The number of aromatic nitrogens is 1. The standard InChI is InChI=1S/C22H26N2O/c1-5-15(2)23-22(25)19-11-12-21-20(13-19)16(3)17(4)24(21)14-18-9-7-6-8-10-18/h6-13,15H,5,14H2,1-4H3,(H,23,25). The molecule has 0 fully saturated rings. The largest absolute Gasteiger partial charge is 0.350 e. The fraction of sp³-hybridized carbons (Fsp3) is 0.318. The summed E-state index contributed by atoms with van der Waals surface area (Å²) in [6, 6.07) is 16.7. The van der Waals surface area contributed by atoms with Crippen molar-refractivity contribution in [2.24, 2.45) is 0 Å². The summed E-state index contributed by atoms with van der Waals surface area (Å²) in [7, 11) is 0. The maximum atomic E-state index is 12.4. The van der Waals surface area contributed by atoms with E-state index in [4.69, 9.17) is 0 Å². The third-order valence-electron chi connectivity index (χ3n) is 5.07. The first-order valence-electron chi connectivity index (χ1n) is 8.95. The molecule has 1 atom stereocenters. The van der Waals surface area contributed by atoms with Crippen molar-refractivity contribution in [1.82, 2.24) is 9.88 Å². The molecule has 0 aliphatic carbocycles. The van der Waals surface area contributed by atoms with Crippen LogP contribution in [0.5, 0.6) is 0 Å². The molecule has 2 aromatic carbocycles. The van der Waals surface area contributed by atoms with Gasteiger partial charge >= 0.3 is 0 Å². The minimum absolute atomic E-state index is 0.00381. The van der Waals surface area contributed by atoms with Crippen LogP contribution in [0.4, 0.5) is 0 Å². The van der Waals surface area contributed by atoms with E-state index in [9.17, 15) is 4.79 Å². The molecule has 3 aromatic rings. The van der Waals surface area contributed by atoms with Gasteiger partial charge in [-0.2, -0.15) is 0 Å². The zero-order chi connectivity index (χ0) is 18.0. The van der Waals surface area contributed by atoms with E-state index in [0.717, 1.165) is 23.9 Å². The predicted molar refractivity (Wildman–Crippen MR) is 104 cm³/mol. The number of carbonyl (C=O) groups is 1. The van der Waals surface area contributed by atoms with Gasteiger partial charge in [0.15, 0.2) is 0 Å². The lowest BCUT2D eigenvalue weighted by atomic mass is 10.1. The topological polar surface area (TPSA) is 34.0 Å². The van der Waals surface area contributed by atoms with E-state index in [-0.39, 0.29) is 11.9 Å². The van der Waals surface area contributed by atoms with Gasteiger partial charge in [-0.25, -0.2) is 0 Å². The second-order valence-corrected chi connectivity index (χ2v) is 6.80. The molecule has 0 bridgehead atoms. The fourth-order valence-electron chi connectivity index (χ4n) is 3.17. The number of nitrogens with one attached hydrogen (secondary N) is 1. The molecular weight excluding hydrogens is 308 g/mol. The van der Waals surface area contributed by atoms with Crippen LogP contribution in [0.25, 0.3) is 10.9 Å². The van der Waals surface area contributed by atoms with Gasteiger partial charge < -0.3 is 9.88 Å². The number of fused-ring (bicyclic) bond motifs is 1. The van der Waals surface area contributed by atoms with Crippen LogP contribution in [0.1, 0.15) is 47.4 Å². The monoisotopic (exact) mass is 334 g/mol. The first-order chi connectivity index (χ1) is 12.0. The zero-order valence-corrected chi connectivity index (χ0v) is 15.5. The molecule has 25 heavy (non-hydrogen) atoms. The second-order valence-electron chi connectivity index (χ2n) is 6.80. The molecule has 0 aliphatic heterocycles. The summed E-state index contributed by atoms with van der Waals surface area (Å²) >= 11 is 0. The first kappa shape index (κ1) is 17.3. The van der Waals surface area contributed by atoms with Crippen LogP contribution in [0.15, 0.2) is 48.5 Å². The Balaban J connectivity index is 1.99. The van der Waals surface area contributed by atoms with Gasteiger partial charge in [0, 0.05) is 34.7 Å². The molecule has 1 amide bonds. The third-order valence-corrected chi connectivity index (χ3v) is 5.07. The second kappa shape index (κ2) is 7.14. The SMILES string of the molecule is CCC(C)NC(=O)c1ccc2c(c1)c(C)c(C)n2Cc1ccccc1. The molecule has 1 aromatic heterocycles. The Hall–Kier alpha value is -2.55. The molecule has 0 radical (unpaired) electrons. The van der Waals surface area contributed by atoms with Gasteiger partial charge in [0.25, 0.3) is 5.91 Å². The smallest absolute Gasteiger partial charge is 0.251 e. The molecule has 1 unspecified atom stereocenters. The minimum Gasteiger partial charge on any atom is -0.350 e. The lowest BCUT2D eigenvalue weighted by molar-refractivity contribution is 0.0939. The number of hydrogen-bond donors (Lipinski definition) is 1. The highest BCUT2D eigenvalue weighted by molar-refractivity contribution is 5.99. The van der Waals surface area contributed by atoms with E-state index in [1.165, 1.54) is 22.3 Å². The van der Waals surface area contributed by atoms with Gasteiger partial charge in [-0.3, -0.25) is 4.79 Å². The van der Waals surface area contributed by atoms with E-state index in [0.29, 0.717) is 0 Å². The summed E-state index contributed by atoms with van der Waals surface area (Å²) in [5.74, 6) is 0.00381. The fourth-order valence-corrected chi connectivity index (χ4v) is 3.17. The Morgan fingerprint density at radius 3 is 2.52 bits per heavy atom. The molecule has 0 aliphatic rings. The number of rotatable bonds is 5. The van der Waals surface area contributed by atoms with Crippen LogP contribution in [0.3, 0.4) is 0 Å². The van der Waals surface area contributed by atoms with Crippen LogP contribution < -0.4 is 5.32 Å². The van der Waals surface area contributed by atoms with Gasteiger partial charge in [0.1, 0.15) is 0 Å². The van der Waals surface area contributed by atoms with Crippen molar-refractivity contribution in [1.29, 1.82) is 0 Å². The van der Waals surface area contributed by atoms with Crippen LogP contribution in [-0.2, 0) is 6.54 Å². The number of aryl methyl sites for hydroxylation is 1. The van der Waals surface area contributed by atoms with Crippen LogP contribution in [-0.4, -0.2) is 16.5 Å². The van der Waals surface area contributed by atoms with Crippen molar-refractivity contribution in [3.8, 4) is 0 Å². The molecule has 3 nitrogen and oxygen atoms in total. The van der Waals surface area contributed by atoms with Gasteiger partial charge in [0.2, 0.25) is 0 Å². The Labute approximate surface area is 149 Å². The van der Waals surface area contributed by atoms with E-state index in [1.54, 1.807) is 0 Å². The molecule has 3 rings (SSSR count). The minimum atomic E-state index is 0.00381. The Morgan fingerprint density at radius 1 is 1.12 bits per heavy atom. The molecule has 0 saturated heterocycles. The van der Waals surface area contributed by atoms with E-state index in [1.807, 2.05) is 25.1 Å². The van der Waals surface area contributed by atoms with E-state index >= 15 is 0 Å². The lowest BCUT2D eigenvalue weighted by Crippen LogP contribution is -2.31. The summed E-state index contributed by atoms with van der Waals surface area (Å²) in [5, 5.41) is 4.20. The van der Waals surface area contributed by atoms with Crippen molar-refractivity contribution < 1.29 is 4.79 Å². The summed E-state index contributed by atoms with van der Waals surface area (Å²) in [5.41, 5.74) is 5.68. The van der Waals surface area contributed by atoms with E-state index < -0.39 is 0 Å². The number of carbonyl (C=O) groups excluding carboxylic acids is 1. The zero-order valence-electron chi connectivity index (χ0n) is 15.5. The van der Waals surface area contributed by atoms with Gasteiger partial charge in [-0.1, -0.05) is 37.3 Å². The highest BCUT2D eigenvalue weighted by atomic mass is 16.1. The Kier molecular flexibility index (Phi) is 4.93. The van der Waals surface area contributed by atoms with E-state index in [2.05, 4.69) is 61.0 Å².